The van der Waals surface area contributed by atoms with E-state index in [4.69, 9.17) is 0 Å². The van der Waals surface area contributed by atoms with Crippen LogP contribution in [-0.2, 0) is 6.42 Å². The summed E-state index contributed by atoms with van der Waals surface area (Å²) in [6.07, 6.45) is 7.77. The average molecular weight is 352 g/mol. The predicted molar refractivity (Wildman–Crippen MR) is 99.0 cm³/mol. The molecule has 0 bridgehead atoms. The van der Waals surface area contributed by atoms with E-state index in [-0.39, 0.29) is 11.8 Å². The molecule has 2 fully saturated rings. The van der Waals surface area contributed by atoms with Gasteiger partial charge < -0.3 is 14.9 Å². The number of anilines is 1. The predicted octanol–water partition coefficient (Wildman–Crippen LogP) is 1.75. The second kappa shape index (κ2) is 7.41. The molecule has 1 N–H and O–H groups in total. The third-order valence-electron chi connectivity index (χ3n) is 5.36. The number of likely N-dealkylation sites (tertiary alicyclic amines) is 1. The smallest absolute Gasteiger partial charge is 0.257 e. The van der Waals surface area contributed by atoms with Crippen LogP contribution < -0.4 is 4.90 Å². The van der Waals surface area contributed by atoms with Gasteiger partial charge in [0.2, 0.25) is 0 Å². The Balaban J connectivity index is 1.52. The molecular formula is C20H24N4O2. The van der Waals surface area contributed by atoms with Crippen LogP contribution in [0.2, 0.25) is 0 Å². The Hall–Kier alpha value is -2.47. The van der Waals surface area contributed by atoms with Gasteiger partial charge >= 0.3 is 0 Å². The fraction of sp³-hybridized carbons (Fsp3) is 0.450. The molecule has 0 radical (unpaired) electrons. The number of amides is 1. The van der Waals surface area contributed by atoms with Crippen molar-refractivity contribution in [2.75, 3.05) is 31.1 Å². The topological polar surface area (TPSA) is 69.6 Å². The van der Waals surface area contributed by atoms with E-state index < -0.39 is 6.10 Å². The molecule has 2 atom stereocenters. The van der Waals surface area contributed by atoms with Gasteiger partial charge in [-0.3, -0.25) is 9.78 Å². The van der Waals surface area contributed by atoms with Crippen LogP contribution in [0.25, 0.3) is 0 Å². The van der Waals surface area contributed by atoms with E-state index in [9.17, 15) is 9.90 Å². The summed E-state index contributed by atoms with van der Waals surface area (Å²) in [7, 11) is 0. The monoisotopic (exact) mass is 352 g/mol. The SMILES string of the molecule is O=C(c1cccnc1N1C[C@@H](Cc2ccncc2)[C@H](O)C1)N1CCCC1. The highest BCUT2D eigenvalue weighted by Crippen LogP contribution is 2.28. The quantitative estimate of drug-likeness (QED) is 0.908. The van der Waals surface area contributed by atoms with Crippen molar-refractivity contribution in [2.24, 2.45) is 5.92 Å². The highest BCUT2D eigenvalue weighted by Gasteiger charge is 2.34. The van der Waals surface area contributed by atoms with Gasteiger partial charge in [-0.15, -0.1) is 0 Å². The van der Waals surface area contributed by atoms with Crippen molar-refractivity contribution >= 4 is 11.7 Å². The molecule has 6 nitrogen and oxygen atoms in total. The van der Waals surface area contributed by atoms with Crippen molar-refractivity contribution in [3.05, 3.63) is 54.0 Å². The highest BCUT2D eigenvalue weighted by atomic mass is 16.3. The molecule has 2 aromatic heterocycles. The lowest BCUT2D eigenvalue weighted by Crippen LogP contribution is -2.31. The Morgan fingerprint density at radius 3 is 2.65 bits per heavy atom. The van der Waals surface area contributed by atoms with Crippen LogP contribution in [-0.4, -0.2) is 58.2 Å². The number of pyridine rings is 2. The van der Waals surface area contributed by atoms with E-state index in [0.29, 0.717) is 24.5 Å². The maximum atomic E-state index is 12.9. The number of rotatable bonds is 4. The van der Waals surface area contributed by atoms with E-state index in [2.05, 4.69) is 14.9 Å². The molecule has 2 aliphatic rings. The Morgan fingerprint density at radius 2 is 1.88 bits per heavy atom. The molecule has 1 amide bonds. The molecule has 2 saturated heterocycles. The molecule has 136 valence electrons. The van der Waals surface area contributed by atoms with Gasteiger partial charge in [0.1, 0.15) is 5.82 Å². The third-order valence-corrected chi connectivity index (χ3v) is 5.36. The first-order valence-corrected chi connectivity index (χ1v) is 9.28. The maximum absolute atomic E-state index is 12.9. The van der Waals surface area contributed by atoms with Crippen LogP contribution in [0.4, 0.5) is 5.82 Å². The third kappa shape index (κ3) is 3.42. The number of hydrogen-bond acceptors (Lipinski definition) is 5. The fourth-order valence-corrected chi connectivity index (χ4v) is 3.96. The average Bonchev–Trinajstić information content (AvgIpc) is 3.33. The normalized spacial score (nSPS) is 22.8. The summed E-state index contributed by atoms with van der Waals surface area (Å²) in [6.45, 7) is 2.84. The van der Waals surface area contributed by atoms with Crippen LogP contribution in [0, 0.1) is 5.92 Å². The Labute approximate surface area is 153 Å². The molecule has 6 heteroatoms. The Kier molecular flexibility index (Phi) is 4.84. The molecular weight excluding hydrogens is 328 g/mol. The van der Waals surface area contributed by atoms with Gasteiger partial charge in [-0.1, -0.05) is 0 Å². The summed E-state index contributed by atoms with van der Waals surface area (Å²) >= 11 is 0. The zero-order chi connectivity index (χ0) is 17.9. The largest absolute Gasteiger partial charge is 0.391 e. The van der Waals surface area contributed by atoms with Gasteiger partial charge in [0.05, 0.1) is 11.7 Å². The Morgan fingerprint density at radius 1 is 1.12 bits per heavy atom. The van der Waals surface area contributed by atoms with Crippen molar-refractivity contribution in [1.29, 1.82) is 0 Å². The number of carbonyl (C=O) groups is 1. The van der Waals surface area contributed by atoms with Crippen LogP contribution in [0.15, 0.2) is 42.9 Å². The van der Waals surface area contributed by atoms with Crippen molar-refractivity contribution < 1.29 is 9.90 Å². The summed E-state index contributed by atoms with van der Waals surface area (Å²) in [6, 6.07) is 7.64. The maximum Gasteiger partial charge on any atom is 0.257 e. The fourth-order valence-electron chi connectivity index (χ4n) is 3.96. The molecule has 2 aromatic rings. The second-order valence-electron chi connectivity index (χ2n) is 7.17. The van der Waals surface area contributed by atoms with Crippen molar-refractivity contribution in [1.82, 2.24) is 14.9 Å². The lowest BCUT2D eigenvalue weighted by molar-refractivity contribution is 0.0793. The number of nitrogens with zero attached hydrogens (tertiary/aromatic N) is 4. The van der Waals surface area contributed by atoms with E-state index in [1.54, 1.807) is 18.6 Å². The van der Waals surface area contributed by atoms with E-state index in [1.165, 1.54) is 5.56 Å². The highest BCUT2D eigenvalue weighted by molar-refractivity contribution is 5.99. The van der Waals surface area contributed by atoms with Crippen molar-refractivity contribution in [3.63, 3.8) is 0 Å². The van der Waals surface area contributed by atoms with E-state index in [0.717, 1.165) is 32.4 Å². The minimum Gasteiger partial charge on any atom is -0.391 e. The zero-order valence-electron chi connectivity index (χ0n) is 14.8. The summed E-state index contributed by atoms with van der Waals surface area (Å²) in [5, 5.41) is 10.5. The van der Waals surface area contributed by atoms with E-state index in [1.807, 2.05) is 29.2 Å². The summed E-state index contributed by atoms with van der Waals surface area (Å²) in [5.74, 6) is 0.868. The lowest BCUT2D eigenvalue weighted by Gasteiger charge is -2.22. The van der Waals surface area contributed by atoms with Crippen LogP contribution in [0.5, 0.6) is 0 Å². The zero-order valence-corrected chi connectivity index (χ0v) is 14.8. The van der Waals surface area contributed by atoms with Crippen LogP contribution >= 0.6 is 0 Å². The number of aromatic nitrogens is 2. The first kappa shape index (κ1) is 17.0. The molecule has 0 unspecified atom stereocenters. The summed E-state index contributed by atoms with van der Waals surface area (Å²) in [4.78, 5) is 25.4. The molecule has 4 heterocycles. The molecule has 0 spiro atoms. The molecule has 2 aliphatic heterocycles. The Bertz CT molecular complexity index is 761. The van der Waals surface area contributed by atoms with Crippen LogP contribution in [0.3, 0.4) is 0 Å². The molecule has 26 heavy (non-hydrogen) atoms. The van der Waals surface area contributed by atoms with E-state index >= 15 is 0 Å². The standard InChI is InChI=1S/C20H24N4O2/c25-18-14-24(13-16(18)12-15-5-8-21-9-6-15)19-17(4-3-7-22-19)20(26)23-10-1-2-11-23/h3-9,16,18,25H,1-2,10-14H2/t16-,18-/m1/s1. The van der Waals surface area contributed by atoms with Crippen LogP contribution in [0.1, 0.15) is 28.8 Å². The van der Waals surface area contributed by atoms with Gasteiger partial charge in [0, 0.05) is 50.7 Å². The summed E-state index contributed by atoms with van der Waals surface area (Å²) < 4.78 is 0. The number of aliphatic hydroxyl groups excluding tert-OH is 1. The summed E-state index contributed by atoms with van der Waals surface area (Å²) in [5.41, 5.74) is 1.81. The number of hydrogen-bond donors (Lipinski definition) is 1. The van der Waals surface area contributed by atoms with Crippen molar-refractivity contribution in [3.8, 4) is 0 Å². The van der Waals surface area contributed by atoms with Gasteiger partial charge in [0.25, 0.3) is 5.91 Å². The minimum absolute atomic E-state index is 0.0534. The molecule has 0 aliphatic carbocycles. The number of aliphatic hydroxyl groups is 1. The number of β-amino-alcohol motifs (C(OH)–C–C–N with tert-alkyl or cyclic N) is 1. The lowest BCUT2D eigenvalue weighted by atomic mass is 9.97. The first-order chi connectivity index (χ1) is 12.7. The molecule has 4 rings (SSSR count). The van der Waals surface area contributed by atoms with Gasteiger partial charge in [-0.25, -0.2) is 4.98 Å². The number of carbonyl (C=O) groups excluding carboxylic acids is 1. The van der Waals surface area contributed by atoms with Gasteiger partial charge in [-0.05, 0) is 49.1 Å². The molecule has 0 saturated carbocycles. The van der Waals surface area contributed by atoms with Gasteiger partial charge in [0.15, 0.2) is 0 Å². The second-order valence-corrected chi connectivity index (χ2v) is 7.17. The van der Waals surface area contributed by atoms with Gasteiger partial charge in [-0.2, -0.15) is 0 Å². The minimum atomic E-state index is -0.431. The first-order valence-electron chi connectivity index (χ1n) is 9.28. The molecule has 0 aromatic carbocycles. The van der Waals surface area contributed by atoms with Crippen molar-refractivity contribution in [2.45, 2.75) is 25.4 Å².